The molecule has 2 aromatic heterocycles. The molecule has 0 saturated carbocycles. The number of rotatable bonds is 3. The zero-order chi connectivity index (χ0) is 18.3. The first-order valence-electron chi connectivity index (χ1n) is 8.18. The maximum atomic E-state index is 13.4. The van der Waals surface area contributed by atoms with E-state index in [1.54, 1.807) is 25.3 Å². The van der Waals surface area contributed by atoms with Crippen molar-refractivity contribution < 1.29 is 9.18 Å². The first-order valence-corrected chi connectivity index (χ1v) is 8.18. The van der Waals surface area contributed by atoms with Gasteiger partial charge in [-0.25, -0.2) is 14.4 Å². The summed E-state index contributed by atoms with van der Waals surface area (Å²) in [6, 6.07) is 6.16. The molecule has 0 bridgehead atoms. The van der Waals surface area contributed by atoms with E-state index in [1.807, 2.05) is 0 Å². The number of anilines is 3. The minimum absolute atomic E-state index is 0.142. The highest BCUT2D eigenvalue weighted by Gasteiger charge is 2.27. The van der Waals surface area contributed by atoms with Gasteiger partial charge in [0.1, 0.15) is 5.82 Å². The molecule has 7 nitrogen and oxygen atoms in total. The summed E-state index contributed by atoms with van der Waals surface area (Å²) < 4.78 is 13.4. The van der Waals surface area contributed by atoms with Crippen LogP contribution in [0, 0.1) is 12.7 Å². The molecule has 5 N–H and O–H groups in total. The number of nitrogens with zero attached hydrogens (tertiary/aromatic N) is 2. The van der Waals surface area contributed by atoms with E-state index in [0.717, 1.165) is 11.3 Å². The first kappa shape index (κ1) is 16.1. The van der Waals surface area contributed by atoms with Gasteiger partial charge in [-0.15, -0.1) is 0 Å². The molecule has 1 aromatic carbocycles. The van der Waals surface area contributed by atoms with Gasteiger partial charge in [0.25, 0.3) is 5.91 Å². The maximum absolute atomic E-state index is 13.4. The van der Waals surface area contributed by atoms with E-state index in [4.69, 9.17) is 5.73 Å². The summed E-state index contributed by atoms with van der Waals surface area (Å²) in [4.78, 5) is 23.9. The molecule has 1 aliphatic heterocycles. The van der Waals surface area contributed by atoms with Gasteiger partial charge in [0.05, 0.1) is 22.6 Å². The lowest BCUT2D eigenvalue weighted by atomic mass is 10.1. The number of halogens is 1. The Bertz CT molecular complexity index is 1010. The summed E-state index contributed by atoms with van der Waals surface area (Å²) in [6.45, 7) is 2.36. The Morgan fingerprint density at radius 2 is 2.15 bits per heavy atom. The second-order valence-electron chi connectivity index (χ2n) is 6.12. The highest BCUT2D eigenvalue weighted by atomic mass is 19.1. The maximum Gasteiger partial charge on any atom is 0.255 e. The van der Waals surface area contributed by atoms with Gasteiger partial charge in [-0.1, -0.05) is 0 Å². The third kappa shape index (κ3) is 2.75. The first-order chi connectivity index (χ1) is 12.5. The number of nitrogens with two attached hydrogens (primary N) is 1. The molecule has 0 spiro atoms. The average molecular weight is 352 g/mol. The fraction of sp³-hybridized carbons (Fsp3) is 0.167. The molecule has 3 heterocycles. The van der Waals surface area contributed by atoms with Crippen LogP contribution in [0.1, 0.15) is 21.6 Å². The van der Waals surface area contributed by atoms with E-state index in [1.165, 1.54) is 12.1 Å². The third-order valence-electron chi connectivity index (χ3n) is 4.34. The number of nitrogen functional groups attached to an aromatic ring is 1. The predicted octanol–water partition coefficient (Wildman–Crippen LogP) is 2.53. The minimum atomic E-state index is -0.314. The normalized spacial score (nSPS) is 13.2. The largest absolute Gasteiger partial charge is 0.368 e. The van der Waals surface area contributed by atoms with Crippen molar-refractivity contribution in [2.45, 2.75) is 13.3 Å². The van der Waals surface area contributed by atoms with Crippen LogP contribution in [0.15, 0.2) is 30.5 Å². The lowest BCUT2D eigenvalue weighted by molar-refractivity contribution is 0.0947. The van der Waals surface area contributed by atoms with Gasteiger partial charge in [-0.2, -0.15) is 0 Å². The van der Waals surface area contributed by atoms with Crippen LogP contribution < -0.4 is 16.4 Å². The van der Waals surface area contributed by atoms with Gasteiger partial charge in [-0.05, 0) is 36.8 Å². The molecule has 0 aliphatic carbocycles. The number of benzene rings is 1. The summed E-state index contributed by atoms with van der Waals surface area (Å²) in [5.41, 5.74) is 10.3. The Morgan fingerprint density at radius 1 is 1.31 bits per heavy atom. The molecule has 3 aromatic rings. The Hall–Kier alpha value is -3.42. The molecule has 1 amide bonds. The SMILES string of the molecule is Cc1cc(F)ccc1Nc1c(-c2ccnc(N)n2)[nH]c2c1C(=O)NCC2. The van der Waals surface area contributed by atoms with Crippen LogP contribution in [0.4, 0.5) is 21.7 Å². The van der Waals surface area contributed by atoms with Crippen molar-refractivity contribution in [1.29, 1.82) is 0 Å². The summed E-state index contributed by atoms with van der Waals surface area (Å²) in [7, 11) is 0. The highest BCUT2D eigenvalue weighted by Crippen LogP contribution is 2.36. The van der Waals surface area contributed by atoms with E-state index in [0.29, 0.717) is 41.3 Å². The lowest BCUT2D eigenvalue weighted by Gasteiger charge is -2.16. The molecule has 0 fully saturated rings. The van der Waals surface area contributed by atoms with Gasteiger partial charge in [-0.3, -0.25) is 4.79 Å². The van der Waals surface area contributed by atoms with Crippen molar-refractivity contribution >= 4 is 23.2 Å². The molecule has 4 rings (SSSR count). The van der Waals surface area contributed by atoms with E-state index < -0.39 is 0 Å². The number of carbonyl (C=O) groups is 1. The van der Waals surface area contributed by atoms with Crippen molar-refractivity contribution in [3.05, 3.63) is 53.1 Å². The summed E-state index contributed by atoms with van der Waals surface area (Å²) in [5.74, 6) is -0.341. The highest BCUT2D eigenvalue weighted by molar-refractivity contribution is 6.06. The van der Waals surface area contributed by atoms with Crippen LogP contribution in [-0.2, 0) is 6.42 Å². The Morgan fingerprint density at radius 3 is 2.92 bits per heavy atom. The molecular weight excluding hydrogens is 335 g/mol. The molecule has 0 saturated heterocycles. The number of carbonyl (C=O) groups excluding carboxylic acids is 1. The van der Waals surface area contributed by atoms with Crippen LogP contribution in [0.5, 0.6) is 0 Å². The smallest absolute Gasteiger partial charge is 0.255 e. The zero-order valence-electron chi connectivity index (χ0n) is 14.1. The fourth-order valence-electron chi connectivity index (χ4n) is 3.11. The van der Waals surface area contributed by atoms with Crippen LogP contribution in [0.25, 0.3) is 11.4 Å². The predicted molar refractivity (Wildman–Crippen MR) is 96.7 cm³/mol. The molecule has 132 valence electrons. The molecule has 8 heteroatoms. The van der Waals surface area contributed by atoms with Gasteiger partial charge >= 0.3 is 0 Å². The zero-order valence-corrected chi connectivity index (χ0v) is 14.1. The minimum Gasteiger partial charge on any atom is -0.368 e. The summed E-state index contributed by atoms with van der Waals surface area (Å²) in [6.07, 6.45) is 2.24. The van der Waals surface area contributed by atoms with Gasteiger partial charge < -0.3 is 21.4 Å². The molecule has 0 unspecified atom stereocenters. The molecule has 0 radical (unpaired) electrons. The van der Waals surface area contributed by atoms with Crippen LogP contribution in [0.2, 0.25) is 0 Å². The monoisotopic (exact) mass is 352 g/mol. The van der Waals surface area contributed by atoms with E-state index in [2.05, 4.69) is 25.6 Å². The van der Waals surface area contributed by atoms with Crippen molar-refractivity contribution in [3.63, 3.8) is 0 Å². The van der Waals surface area contributed by atoms with E-state index in [-0.39, 0.29) is 17.7 Å². The molecule has 0 atom stereocenters. The number of amides is 1. The van der Waals surface area contributed by atoms with Crippen molar-refractivity contribution in [2.75, 3.05) is 17.6 Å². The number of H-pyrrole nitrogens is 1. The molecule has 1 aliphatic rings. The average Bonchev–Trinajstić information content (AvgIpc) is 2.97. The van der Waals surface area contributed by atoms with Gasteiger partial charge in [0.15, 0.2) is 0 Å². The topological polar surface area (TPSA) is 109 Å². The quantitative estimate of drug-likeness (QED) is 0.579. The Labute approximate surface area is 148 Å². The molecular formula is C18H17FN6O. The second-order valence-corrected chi connectivity index (χ2v) is 6.12. The van der Waals surface area contributed by atoms with E-state index in [9.17, 15) is 9.18 Å². The Balaban J connectivity index is 1.88. The summed E-state index contributed by atoms with van der Waals surface area (Å²) >= 11 is 0. The van der Waals surface area contributed by atoms with E-state index >= 15 is 0 Å². The number of aromatic nitrogens is 3. The number of hydrogen-bond acceptors (Lipinski definition) is 5. The standard InChI is InChI=1S/C18H17FN6O/c1-9-8-10(19)2-3-11(9)23-16-14-12(4-6-21-17(14)26)24-15(16)13-5-7-22-18(20)25-13/h2-3,5,7-8,23-24H,4,6H2,1H3,(H,21,26)(H2,20,22,25). The van der Waals surface area contributed by atoms with Crippen molar-refractivity contribution in [2.24, 2.45) is 0 Å². The number of aryl methyl sites for hydroxylation is 1. The number of hydrogen-bond donors (Lipinski definition) is 4. The number of aromatic amines is 1. The van der Waals surface area contributed by atoms with Crippen LogP contribution in [-0.4, -0.2) is 27.4 Å². The van der Waals surface area contributed by atoms with Crippen molar-refractivity contribution in [1.82, 2.24) is 20.3 Å². The van der Waals surface area contributed by atoms with Crippen LogP contribution in [0.3, 0.4) is 0 Å². The number of nitrogens with one attached hydrogen (secondary N) is 3. The number of fused-ring (bicyclic) bond motifs is 1. The Kier molecular flexibility index (Phi) is 3.80. The third-order valence-corrected chi connectivity index (χ3v) is 4.34. The summed E-state index contributed by atoms with van der Waals surface area (Å²) in [5, 5.41) is 6.11. The van der Waals surface area contributed by atoms with Crippen molar-refractivity contribution in [3.8, 4) is 11.4 Å². The van der Waals surface area contributed by atoms with Crippen LogP contribution >= 0.6 is 0 Å². The van der Waals surface area contributed by atoms with Gasteiger partial charge in [0.2, 0.25) is 5.95 Å². The van der Waals surface area contributed by atoms with Gasteiger partial charge in [0, 0.05) is 30.5 Å². The lowest BCUT2D eigenvalue weighted by Crippen LogP contribution is -2.31. The second kappa shape index (κ2) is 6.14. The fourth-order valence-corrected chi connectivity index (χ4v) is 3.11. The molecule has 26 heavy (non-hydrogen) atoms.